The molecule has 2 aromatic heterocycles. The van der Waals surface area contributed by atoms with Crippen LogP contribution in [0.4, 0.5) is 5.95 Å². The van der Waals surface area contributed by atoms with Gasteiger partial charge in [0.2, 0.25) is 11.9 Å². The van der Waals surface area contributed by atoms with Gasteiger partial charge in [0.25, 0.3) is 5.78 Å². The zero-order valence-electron chi connectivity index (χ0n) is 17.1. The van der Waals surface area contributed by atoms with E-state index >= 15 is 0 Å². The first kappa shape index (κ1) is 18.7. The van der Waals surface area contributed by atoms with Crippen LogP contribution in [0, 0.1) is 13.8 Å². The van der Waals surface area contributed by atoms with E-state index in [9.17, 15) is 4.79 Å². The van der Waals surface area contributed by atoms with Gasteiger partial charge in [-0.2, -0.15) is 9.50 Å². The second-order valence-electron chi connectivity index (χ2n) is 7.77. The third kappa shape index (κ3) is 3.10. The Bertz CT molecular complexity index is 1140. The van der Waals surface area contributed by atoms with Gasteiger partial charge in [0.15, 0.2) is 11.5 Å². The zero-order valence-corrected chi connectivity index (χ0v) is 17.1. The average molecular weight is 408 g/mol. The molecule has 0 spiro atoms. The van der Waals surface area contributed by atoms with Gasteiger partial charge in [-0.05, 0) is 44.4 Å². The molecule has 1 fully saturated rings. The van der Waals surface area contributed by atoms with Gasteiger partial charge in [0, 0.05) is 23.5 Å². The molecule has 2 N–H and O–H groups in total. The van der Waals surface area contributed by atoms with Gasteiger partial charge in [-0.15, -0.1) is 5.10 Å². The predicted molar refractivity (Wildman–Crippen MR) is 109 cm³/mol. The smallest absolute Gasteiger partial charge is 0.254 e. The number of carbonyl (C=O) groups excluding carboxylic acids is 1. The minimum Gasteiger partial charge on any atom is -0.486 e. The van der Waals surface area contributed by atoms with Crippen molar-refractivity contribution in [2.24, 2.45) is 0 Å². The maximum atomic E-state index is 13.3. The first-order valence-electron chi connectivity index (χ1n) is 10.2. The Morgan fingerprint density at radius 2 is 2.00 bits per heavy atom. The van der Waals surface area contributed by atoms with Crippen LogP contribution in [0.1, 0.15) is 41.4 Å². The van der Waals surface area contributed by atoms with Crippen LogP contribution in [0.2, 0.25) is 0 Å². The van der Waals surface area contributed by atoms with E-state index in [0.29, 0.717) is 19.0 Å². The van der Waals surface area contributed by atoms with Crippen molar-refractivity contribution in [1.82, 2.24) is 24.5 Å². The molecule has 0 bridgehead atoms. The van der Waals surface area contributed by atoms with Gasteiger partial charge >= 0.3 is 0 Å². The first-order valence-corrected chi connectivity index (χ1v) is 10.2. The van der Waals surface area contributed by atoms with Gasteiger partial charge in [0.05, 0.1) is 12.5 Å². The van der Waals surface area contributed by atoms with E-state index in [1.807, 2.05) is 36.9 Å². The maximum Gasteiger partial charge on any atom is 0.254 e. The van der Waals surface area contributed by atoms with E-state index in [-0.39, 0.29) is 24.3 Å². The number of hydrogen-bond donors (Lipinski definition) is 1. The summed E-state index contributed by atoms with van der Waals surface area (Å²) in [6.07, 6.45) is 2.17. The SMILES string of the molecule is Cc1nc2nc(N)nn2c(C)c1CC(=O)N1CCCC1c1ccc2c(c1)OCCO2. The molecular formula is C21H24N6O3. The number of hydrogen-bond acceptors (Lipinski definition) is 7. The van der Waals surface area contributed by atoms with Crippen molar-refractivity contribution >= 4 is 17.6 Å². The van der Waals surface area contributed by atoms with E-state index in [1.165, 1.54) is 0 Å². The molecule has 30 heavy (non-hydrogen) atoms. The highest BCUT2D eigenvalue weighted by Gasteiger charge is 2.31. The summed E-state index contributed by atoms with van der Waals surface area (Å²) in [4.78, 5) is 23.9. The Hall–Kier alpha value is -3.36. The van der Waals surface area contributed by atoms with Crippen LogP contribution in [-0.2, 0) is 11.2 Å². The highest BCUT2D eigenvalue weighted by Crippen LogP contribution is 2.38. The van der Waals surface area contributed by atoms with Crippen LogP contribution in [-0.4, -0.2) is 50.1 Å². The molecule has 5 rings (SSSR count). The van der Waals surface area contributed by atoms with E-state index in [4.69, 9.17) is 15.2 Å². The third-order valence-corrected chi connectivity index (χ3v) is 5.92. The Kier molecular flexibility index (Phi) is 4.45. The number of nitrogen functional groups attached to an aromatic ring is 1. The molecule has 0 saturated carbocycles. The number of ether oxygens (including phenoxy) is 2. The van der Waals surface area contributed by atoms with Crippen LogP contribution in [0.3, 0.4) is 0 Å². The van der Waals surface area contributed by atoms with Gasteiger partial charge < -0.3 is 20.1 Å². The van der Waals surface area contributed by atoms with Gasteiger partial charge in [-0.25, -0.2) is 4.98 Å². The summed E-state index contributed by atoms with van der Waals surface area (Å²) in [5, 5.41) is 4.19. The lowest BCUT2D eigenvalue weighted by Crippen LogP contribution is -2.32. The molecule has 1 aromatic carbocycles. The lowest BCUT2D eigenvalue weighted by Gasteiger charge is -2.27. The lowest BCUT2D eigenvalue weighted by atomic mass is 10.0. The Morgan fingerprint density at radius 3 is 2.83 bits per heavy atom. The summed E-state index contributed by atoms with van der Waals surface area (Å²) in [7, 11) is 0. The molecule has 4 heterocycles. The molecular weight excluding hydrogens is 384 g/mol. The molecule has 1 atom stereocenters. The van der Waals surface area contributed by atoms with Crippen molar-refractivity contribution in [2.45, 2.75) is 39.2 Å². The van der Waals surface area contributed by atoms with Crippen LogP contribution in [0.25, 0.3) is 5.78 Å². The minimum atomic E-state index is 0.0349. The number of nitrogens with zero attached hydrogens (tertiary/aromatic N) is 5. The first-order chi connectivity index (χ1) is 14.5. The van der Waals surface area contributed by atoms with Gasteiger partial charge in [-0.1, -0.05) is 6.07 Å². The number of nitrogens with two attached hydrogens (primary N) is 1. The average Bonchev–Trinajstić information content (AvgIpc) is 3.37. The molecule has 1 saturated heterocycles. The van der Waals surface area contributed by atoms with Crippen molar-refractivity contribution in [3.63, 3.8) is 0 Å². The van der Waals surface area contributed by atoms with E-state index in [2.05, 4.69) is 15.1 Å². The summed E-state index contributed by atoms with van der Waals surface area (Å²) in [6.45, 7) is 5.66. The molecule has 156 valence electrons. The number of aromatic nitrogens is 4. The molecule has 9 heteroatoms. The maximum absolute atomic E-state index is 13.3. The fraction of sp³-hybridized carbons (Fsp3) is 0.429. The van der Waals surface area contributed by atoms with Gasteiger partial charge in [-0.3, -0.25) is 4.79 Å². The summed E-state index contributed by atoms with van der Waals surface area (Å²) >= 11 is 0. The predicted octanol–water partition coefficient (Wildman–Crippen LogP) is 2.00. The van der Waals surface area contributed by atoms with Crippen LogP contribution in [0.15, 0.2) is 18.2 Å². The molecule has 1 unspecified atom stereocenters. The van der Waals surface area contributed by atoms with Crippen LogP contribution < -0.4 is 15.2 Å². The van der Waals surface area contributed by atoms with Crippen molar-refractivity contribution in [3.05, 3.63) is 40.7 Å². The number of benzene rings is 1. The summed E-state index contributed by atoms with van der Waals surface area (Å²) in [6, 6.07) is 6.01. The van der Waals surface area contributed by atoms with Crippen molar-refractivity contribution in [3.8, 4) is 11.5 Å². The number of anilines is 1. The van der Waals surface area contributed by atoms with E-state index in [0.717, 1.165) is 53.4 Å². The van der Waals surface area contributed by atoms with Crippen molar-refractivity contribution < 1.29 is 14.3 Å². The molecule has 2 aliphatic rings. The molecule has 3 aromatic rings. The largest absolute Gasteiger partial charge is 0.486 e. The quantitative estimate of drug-likeness (QED) is 0.706. The minimum absolute atomic E-state index is 0.0349. The number of likely N-dealkylation sites (tertiary alicyclic amines) is 1. The monoisotopic (exact) mass is 408 g/mol. The van der Waals surface area contributed by atoms with Crippen LogP contribution >= 0.6 is 0 Å². The summed E-state index contributed by atoms with van der Waals surface area (Å²) in [5.41, 5.74) is 9.27. The highest BCUT2D eigenvalue weighted by atomic mass is 16.6. The second-order valence-corrected chi connectivity index (χ2v) is 7.77. The summed E-state index contributed by atoms with van der Waals surface area (Å²) < 4.78 is 13.0. The number of fused-ring (bicyclic) bond motifs is 2. The second kappa shape index (κ2) is 7.16. The standard InChI is InChI=1S/C21H24N6O3/c1-12-15(13(2)27-21(23-12)24-20(22)25-27)11-19(28)26-7-3-4-16(26)14-5-6-17-18(10-14)30-9-8-29-17/h5-6,10,16H,3-4,7-9,11H2,1-2H3,(H2,22,25). The normalized spacial score (nSPS) is 18.2. The number of rotatable bonds is 3. The van der Waals surface area contributed by atoms with Crippen LogP contribution in [0.5, 0.6) is 11.5 Å². The van der Waals surface area contributed by atoms with E-state index in [1.54, 1.807) is 4.52 Å². The van der Waals surface area contributed by atoms with E-state index < -0.39 is 0 Å². The third-order valence-electron chi connectivity index (χ3n) is 5.92. The zero-order chi connectivity index (χ0) is 20.8. The Balaban J connectivity index is 1.41. The number of carbonyl (C=O) groups is 1. The molecule has 0 radical (unpaired) electrons. The van der Waals surface area contributed by atoms with Gasteiger partial charge in [0.1, 0.15) is 13.2 Å². The molecule has 0 aliphatic carbocycles. The molecule has 9 nitrogen and oxygen atoms in total. The van der Waals surface area contributed by atoms with Crippen molar-refractivity contribution in [1.29, 1.82) is 0 Å². The lowest BCUT2D eigenvalue weighted by molar-refractivity contribution is -0.131. The summed E-state index contributed by atoms with van der Waals surface area (Å²) in [5.74, 6) is 2.22. The number of amides is 1. The Morgan fingerprint density at radius 1 is 1.20 bits per heavy atom. The number of aryl methyl sites for hydroxylation is 2. The Labute approximate surface area is 173 Å². The topological polar surface area (TPSA) is 108 Å². The fourth-order valence-corrected chi connectivity index (χ4v) is 4.41. The fourth-order valence-electron chi connectivity index (χ4n) is 4.41. The molecule has 1 amide bonds. The highest BCUT2D eigenvalue weighted by molar-refractivity contribution is 5.80. The van der Waals surface area contributed by atoms with Crippen molar-refractivity contribution in [2.75, 3.05) is 25.5 Å². The molecule has 2 aliphatic heterocycles.